The molecule has 0 aliphatic heterocycles. The van der Waals surface area contributed by atoms with Crippen LogP contribution in [-0.2, 0) is 19.1 Å². The summed E-state index contributed by atoms with van der Waals surface area (Å²) in [6.07, 6.45) is 5.63. The third-order valence-corrected chi connectivity index (χ3v) is 7.86. The first-order chi connectivity index (χ1) is 16.4. The van der Waals surface area contributed by atoms with E-state index < -0.39 is 18.0 Å². The lowest BCUT2D eigenvalue weighted by atomic mass is 9.49. The number of anilines is 1. The number of amides is 2. The summed E-state index contributed by atoms with van der Waals surface area (Å²) in [4.78, 5) is 38.2. The second kappa shape index (κ2) is 9.24. The van der Waals surface area contributed by atoms with Gasteiger partial charge in [-0.1, -0.05) is 48.5 Å². The van der Waals surface area contributed by atoms with Crippen LogP contribution in [0.3, 0.4) is 0 Å². The summed E-state index contributed by atoms with van der Waals surface area (Å²) in [6, 6.07) is 17.3. The number of para-hydroxylation sites is 1. The van der Waals surface area contributed by atoms with Crippen molar-refractivity contribution in [1.82, 2.24) is 5.32 Å². The summed E-state index contributed by atoms with van der Waals surface area (Å²) in [5, 5.41) is 5.68. The maximum atomic E-state index is 13.0. The van der Waals surface area contributed by atoms with Gasteiger partial charge in [-0.15, -0.1) is 0 Å². The Labute approximate surface area is 200 Å². The summed E-state index contributed by atoms with van der Waals surface area (Å²) in [6.45, 7) is 1.33. The molecule has 4 aliphatic rings. The van der Waals surface area contributed by atoms with Gasteiger partial charge in [0.2, 0.25) is 5.91 Å². The highest BCUT2D eigenvalue weighted by Crippen LogP contribution is 2.60. The highest BCUT2D eigenvalue weighted by molar-refractivity contribution is 5.98. The van der Waals surface area contributed by atoms with Crippen molar-refractivity contribution in [3.8, 4) is 11.1 Å². The lowest BCUT2D eigenvalue weighted by Gasteiger charge is -2.55. The van der Waals surface area contributed by atoms with E-state index in [1.54, 1.807) is 6.92 Å². The summed E-state index contributed by atoms with van der Waals surface area (Å²) < 4.78 is 5.33. The van der Waals surface area contributed by atoms with Crippen molar-refractivity contribution in [2.75, 3.05) is 11.9 Å². The molecule has 0 radical (unpaired) electrons. The van der Waals surface area contributed by atoms with Crippen molar-refractivity contribution in [3.63, 3.8) is 0 Å². The fourth-order valence-corrected chi connectivity index (χ4v) is 6.72. The number of nitrogens with one attached hydrogen (secondary N) is 2. The van der Waals surface area contributed by atoms with Gasteiger partial charge in [0.05, 0.1) is 0 Å². The third kappa shape index (κ3) is 4.59. The molecule has 4 aliphatic carbocycles. The van der Waals surface area contributed by atoms with Crippen LogP contribution in [0.1, 0.15) is 45.4 Å². The Morgan fingerprint density at radius 1 is 0.912 bits per heavy atom. The lowest BCUT2D eigenvalue weighted by molar-refractivity contribution is -0.155. The molecule has 2 aromatic rings. The second-order valence-electron chi connectivity index (χ2n) is 10.4. The summed E-state index contributed by atoms with van der Waals surface area (Å²) in [5.41, 5.74) is 2.21. The minimum atomic E-state index is -0.979. The van der Waals surface area contributed by atoms with Gasteiger partial charge in [-0.05, 0) is 74.8 Å². The molecule has 0 spiro atoms. The Bertz CT molecular complexity index is 1050. The molecule has 0 unspecified atom stereocenters. The first kappa shape index (κ1) is 22.6. The normalized spacial score (nSPS) is 27.6. The highest BCUT2D eigenvalue weighted by atomic mass is 16.5. The summed E-state index contributed by atoms with van der Waals surface area (Å²) in [7, 11) is 0. The topological polar surface area (TPSA) is 84.5 Å². The molecule has 6 rings (SSSR count). The zero-order valence-corrected chi connectivity index (χ0v) is 19.6. The molecule has 0 heterocycles. The molecule has 1 atom stereocenters. The predicted octanol–water partition coefficient (Wildman–Crippen LogP) is 4.56. The van der Waals surface area contributed by atoms with E-state index in [2.05, 4.69) is 10.6 Å². The molecule has 34 heavy (non-hydrogen) atoms. The smallest absolute Gasteiger partial charge is 0.326 e. The standard InChI is InChI=1S/C28H32N2O4/c1-18(26(32)30-24-10-6-5-9-23(24)22-7-3-2-4-8-22)34-25(31)17-29-27(33)28-14-19-11-20(15-28)13-21(12-19)16-28/h2-10,18-21H,11-17H2,1H3,(H,29,33)(H,30,32)/t18-,19?,20?,21?,28?/m1/s1. The van der Waals surface area contributed by atoms with Crippen LogP contribution in [-0.4, -0.2) is 30.4 Å². The van der Waals surface area contributed by atoms with E-state index >= 15 is 0 Å². The molecule has 178 valence electrons. The average molecular weight is 461 g/mol. The van der Waals surface area contributed by atoms with E-state index in [4.69, 9.17) is 4.74 Å². The van der Waals surface area contributed by atoms with E-state index in [1.807, 2.05) is 54.6 Å². The molecule has 4 saturated carbocycles. The first-order valence-electron chi connectivity index (χ1n) is 12.3. The van der Waals surface area contributed by atoms with E-state index in [0.717, 1.165) is 30.4 Å². The number of benzene rings is 2. The van der Waals surface area contributed by atoms with E-state index in [9.17, 15) is 14.4 Å². The van der Waals surface area contributed by atoms with Crippen LogP contribution in [0.2, 0.25) is 0 Å². The molecule has 2 amide bonds. The van der Waals surface area contributed by atoms with Gasteiger partial charge in [0.15, 0.2) is 6.10 Å². The van der Waals surface area contributed by atoms with Crippen molar-refractivity contribution in [2.45, 2.75) is 51.6 Å². The second-order valence-corrected chi connectivity index (χ2v) is 10.4. The van der Waals surface area contributed by atoms with Gasteiger partial charge in [0, 0.05) is 16.7 Å². The fourth-order valence-electron chi connectivity index (χ4n) is 6.72. The Balaban J connectivity index is 1.14. The molecule has 2 aromatic carbocycles. The lowest BCUT2D eigenvalue weighted by Crippen LogP contribution is -2.54. The van der Waals surface area contributed by atoms with E-state index in [0.29, 0.717) is 23.4 Å². The third-order valence-electron chi connectivity index (χ3n) is 7.86. The molecule has 2 N–H and O–H groups in total. The molecule has 0 saturated heterocycles. The Hall–Kier alpha value is -3.15. The Morgan fingerprint density at radius 3 is 2.15 bits per heavy atom. The SMILES string of the molecule is C[C@@H](OC(=O)CNC(=O)C12CC3CC(CC(C3)C1)C2)C(=O)Nc1ccccc1-c1ccccc1. The zero-order valence-electron chi connectivity index (χ0n) is 19.6. The molecule has 6 heteroatoms. The van der Waals surface area contributed by atoms with Crippen LogP contribution < -0.4 is 10.6 Å². The highest BCUT2D eigenvalue weighted by Gasteiger charge is 2.54. The van der Waals surface area contributed by atoms with Gasteiger partial charge in [-0.2, -0.15) is 0 Å². The molecular weight excluding hydrogens is 428 g/mol. The van der Waals surface area contributed by atoms with E-state index in [-0.39, 0.29) is 17.9 Å². The van der Waals surface area contributed by atoms with Crippen LogP contribution in [0.5, 0.6) is 0 Å². The van der Waals surface area contributed by atoms with Crippen molar-refractivity contribution < 1.29 is 19.1 Å². The van der Waals surface area contributed by atoms with Crippen LogP contribution >= 0.6 is 0 Å². The van der Waals surface area contributed by atoms with Crippen LogP contribution in [0.15, 0.2) is 54.6 Å². The Kier molecular flexibility index (Phi) is 6.15. The quantitative estimate of drug-likeness (QED) is 0.594. The number of hydrogen-bond acceptors (Lipinski definition) is 4. The molecule has 6 nitrogen and oxygen atoms in total. The molecular formula is C28H32N2O4. The van der Waals surface area contributed by atoms with Crippen LogP contribution in [0.4, 0.5) is 5.69 Å². The summed E-state index contributed by atoms with van der Waals surface area (Å²) >= 11 is 0. The number of ether oxygens (including phenoxy) is 1. The number of carbonyl (C=O) groups is 3. The number of carbonyl (C=O) groups excluding carboxylic acids is 3. The van der Waals surface area contributed by atoms with Crippen molar-refractivity contribution >= 4 is 23.5 Å². The first-order valence-corrected chi connectivity index (χ1v) is 12.3. The van der Waals surface area contributed by atoms with Crippen molar-refractivity contribution in [2.24, 2.45) is 23.2 Å². The Morgan fingerprint density at radius 2 is 1.50 bits per heavy atom. The average Bonchev–Trinajstić information content (AvgIpc) is 2.82. The van der Waals surface area contributed by atoms with Gasteiger partial charge in [-0.3, -0.25) is 14.4 Å². The fraction of sp³-hybridized carbons (Fsp3) is 0.464. The van der Waals surface area contributed by atoms with Gasteiger partial charge in [-0.25, -0.2) is 0 Å². The number of rotatable bonds is 7. The van der Waals surface area contributed by atoms with Gasteiger partial charge >= 0.3 is 5.97 Å². The summed E-state index contributed by atoms with van der Waals surface area (Å²) in [5.74, 6) is 0.947. The van der Waals surface area contributed by atoms with Gasteiger partial charge < -0.3 is 15.4 Å². The maximum Gasteiger partial charge on any atom is 0.326 e. The zero-order chi connectivity index (χ0) is 23.7. The largest absolute Gasteiger partial charge is 0.451 e. The predicted molar refractivity (Wildman–Crippen MR) is 130 cm³/mol. The minimum Gasteiger partial charge on any atom is -0.451 e. The van der Waals surface area contributed by atoms with Crippen molar-refractivity contribution in [3.05, 3.63) is 54.6 Å². The van der Waals surface area contributed by atoms with Crippen LogP contribution in [0.25, 0.3) is 11.1 Å². The minimum absolute atomic E-state index is 0.0163. The molecule has 4 bridgehead atoms. The monoisotopic (exact) mass is 460 g/mol. The van der Waals surface area contributed by atoms with E-state index in [1.165, 1.54) is 19.3 Å². The number of esters is 1. The molecule has 4 fully saturated rings. The van der Waals surface area contributed by atoms with Gasteiger partial charge in [0.25, 0.3) is 5.91 Å². The van der Waals surface area contributed by atoms with Gasteiger partial charge in [0.1, 0.15) is 6.54 Å². The van der Waals surface area contributed by atoms with Crippen LogP contribution in [0, 0.1) is 23.2 Å². The van der Waals surface area contributed by atoms with Crippen molar-refractivity contribution in [1.29, 1.82) is 0 Å². The number of hydrogen-bond donors (Lipinski definition) is 2. The molecule has 0 aromatic heterocycles. The maximum absolute atomic E-state index is 13.0.